The average Bonchev–Trinajstić information content (AvgIpc) is 3.36. The molecule has 3 rings (SSSR count). The molecule has 0 aliphatic heterocycles. The van der Waals surface area contributed by atoms with Gasteiger partial charge in [0.15, 0.2) is 0 Å². The molecule has 0 fully saturated rings. The monoisotopic (exact) mass is 421 g/mol. The fourth-order valence-corrected chi connectivity index (χ4v) is 2.90. The first-order chi connectivity index (χ1) is 14.2. The van der Waals surface area contributed by atoms with Crippen LogP contribution in [0.3, 0.4) is 0 Å². The fraction of sp³-hybridized carbons (Fsp3) is 0.381. The second-order valence-corrected chi connectivity index (χ2v) is 7.23. The standard InChI is InChI=1S/C21H22F3N3O3/c1-14(2)15-5-7-16(8-6-15)20-25-18(30-26-20)9-10-19(28)27(13-21(22,23)24)12-17-4-3-11-29-17/h3-8,11,14H,9-10,12-13H2,1-2H3. The van der Waals surface area contributed by atoms with E-state index in [4.69, 9.17) is 8.94 Å². The van der Waals surface area contributed by atoms with Crippen LogP contribution >= 0.6 is 0 Å². The number of halogens is 3. The van der Waals surface area contributed by atoms with E-state index in [-0.39, 0.29) is 31.0 Å². The Morgan fingerprint density at radius 2 is 1.90 bits per heavy atom. The number of carbonyl (C=O) groups excluding carboxylic acids is 1. The number of rotatable bonds is 8. The van der Waals surface area contributed by atoms with Crippen LogP contribution in [0.4, 0.5) is 13.2 Å². The van der Waals surface area contributed by atoms with Crippen LogP contribution in [0.5, 0.6) is 0 Å². The minimum atomic E-state index is -4.51. The molecular weight excluding hydrogens is 399 g/mol. The molecule has 3 aromatic rings. The van der Waals surface area contributed by atoms with Crippen molar-refractivity contribution in [2.24, 2.45) is 0 Å². The molecule has 160 valence electrons. The van der Waals surface area contributed by atoms with Crippen LogP contribution in [0.1, 0.15) is 43.4 Å². The van der Waals surface area contributed by atoms with Crippen molar-refractivity contribution in [2.75, 3.05) is 6.54 Å². The van der Waals surface area contributed by atoms with Crippen LogP contribution < -0.4 is 0 Å². The van der Waals surface area contributed by atoms with E-state index in [9.17, 15) is 18.0 Å². The Balaban J connectivity index is 1.62. The smallest absolute Gasteiger partial charge is 0.406 e. The molecule has 0 aliphatic rings. The lowest BCUT2D eigenvalue weighted by Gasteiger charge is -2.22. The van der Waals surface area contributed by atoms with E-state index >= 15 is 0 Å². The lowest BCUT2D eigenvalue weighted by atomic mass is 10.0. The Morgan fingerprint density at radius 1 is 1.17 bits per heavy atom. The van der Waals surface area contributed by atoms with E-state index in [1.54, 1.807) is 6.07 Å². The van der Waals surface area contributed by atoms with E-state index < -0.39 is 18.6 Å². The number of alkyl halides is 3. The van der Waals surface area contributed by atoms with Gasteiger partial charge in [0.2, 0.25) is 17.6 Å². The van der Waals surface area contributed by atoms with Crippen LogP contribution in [0.25, 0.3) is 11.4 Å². The summed E-state index contributed by atoms with van der Waals surface area (Å²) in [6.45, 7) is 2.56. The highest BCUT2D eigenvalue weighted by Gasteiger charge is 2.33. The van der Waals surface area contributed by atoms with Gasteiger partial charge in [-0.25, -0.2) is 0 Å². The Morgan fingerprint density at radius 3 is 2.50 bits per heavy atom. The normalized spacial score (nSPS) is 11.8. The fourth-order valence-electron chi connectivity index (χ4n) is 2.90. The number of hydrogen-bond donors (Lipinski definition) is 0. The van der Waals surface area contributed by atoms with Gasteiger partial charge in [-0.15, -0.1) is 0 Å². The van der Waals surface area contributed by atoms with E-state index in [2.05, 4.69) is 24.0 Å². The van der Waals surface area contributed by atoms with Gasteiger partial charge in [-0.3, -0.25) is 4.79 Å². The topological polar surface area (TPSA) is 72.4 Å². The quantitative estimate of drug-likeness (QED) is 0.513. The molecule has 6 nitrogen and oxygen atoms in total. The van der Waals surface area contributed by atoms with Crippen molar-refractivity contribution in [1.82, 2.24) is 15.0 Å². The highest BCUT2D eigenvalue weighted by molar-refractivity contribution is 5.76. The Labute approximate surface area is 171 Å². The minimum absolute atomic E-state index is 0.0441. The lowest BCUT2D eigenvalue weighted by Crippen LogP contribution is -2.38. The molecule has 1 amide bonds. The zero-order chi connectivity index (χ0) is 21.7. The maximum absolute atomic E-state index is 12.9. The van der Waals surface area contributed by atoms with Gasteiger partial charge in [-0.2, -0.15) is 18.2 Å². The molecule has 0 spiro atoms. The number of benzene rings is 1. The van der Waals surface area contributed by atoms with Crippen molar-refractivity contribution < 1.29 is 26.9 Å². The summed E-state index contributed by atoms with van der Waals surface area (Å²) in [6, 6.07) is 10.8. The highest BCUT2D eigenvalue weighted by atomic mass is 19.4. The second-order valence-electron chi connectivity index (χ2n) is 7.23. The summed E-state index contributed by atoms with van der Waals surface area (Å²) in [4.78, 5) is 17.3. The summed E-state index contributed by atoms with van der Waals surface area (Å²) in [7, 11) is 0. The minimum Gasteiger partial charge on any atom is -0.467 e. The van der Waals surface area contributed by atoms with Crippen LogP contribution in [0.15, 0.2) is 51.6 Å². The Bertz CT molecular complexity index is 948. The molecule has 9 heteroatoms. The van der Waals surface area contributed by atoms with Gasteiger partial charge in [0, 0.05) is 18.4 Å². The van der Waals surface area contributed by atoms with Crippen LogP contribution in [0.2, 0.25) is 0 Å². The van der Waals surface area contributed by atoms with Crippen LogP contribution in [-0.2, 0) is 17.8 Å². The van der Waals surface area contributed by atoms with Gasteiger partial charge < -0.3 is 13.8 Å². The number of amides is 1. The third-order valence-corrected chi connectivity index (χ3v) is 4.51. The zero-order valence-corrected chi connectivity index (χ0v) is 16.6. The average molecular weight is 421 g/mol. The van der Waals surface area contributed by atoms with E-state index in [1.807, 2.05) is 24.3 Å². The van der Waals surface area contributed by atoms with Gasteiger partial charge in [0.25, 0.3) is 0 Å². The molecule has 0 saturated heterocycles. The summed E-state index contributed by atoms with van der Waals surface area (Å²) in [6.07, 6.45) is -3.31. The van der Waals surface area contributed by atoms with Crippen LogP contribution in [0, 0.1) is 0 Å². The van der Waals surface area contributed by atoms with Crippen molar-refractivity contribution in [2.45, 2.75) is 45.3 Å². The molecule has 0 radical (unpaired) electrons. The SMILES string of the molecule is CC(C)c1ccc(-c2noc(CCC(=O)N(Cc3ccco3)CC(F)(F)F)n2)cc1. The van der Waals surface area contributed by atoms with Gasteiger partial charge in [-0.1, -0.05) is 43.3 Å². The van der Waals surface area contributed by atoms with Gasteiger partial charge >= 0.3 is 6.18 Å². The first kappa shape index (κ1) is 21.6. The molecule has 0 atom stereocenters. The number of nitrogens with zero attached hydrogens (tertiary/aromatic N) is 3. The molecule has 2 aromatic heterocycles. The summed E-state index contributed by atoms with van der Waals surface area (Å²) in [5, 5.41) is 3.90. The molecule has 1 aromatic carbocycles. The predicted molar refractivity (Wildman–Crippen MR) is 102 cm³/mol. The predicted octanol–water partition coefficient (Wildman–Crippen LogP) is 4.98. The number of hydrogen-bond acceptors (Lipinski definition) is 5. The lowest BCUT2D eigenvalue weighted by molar-refractivity contribution is -0.162. The van der Waals surface area contributed by atoms with Crippen molar-refractivity contribution in [3.63, 3.8) is 0 Å². The molecule has 0 aliphatic carbocycles. The molecule has 2 heterocycles. The maximum atomic E-state index is 12.9. The van der Waals surface area contributed by atoms with Crippen molar-refractivity contribution in [3.05, 3.63) is 59.9 Å². The van der Waals surface area contributed by atoms with Gasteiger partial charge in [0.05, 0.1) is 12.8 Å². The highest BCUT2D eigenvalue weighted by Crippen LogP contribution is 2.22. The molecule has 0 N–H and O–H groups in total. The zero-order valence-electron chi connectivity index (χ0n) is 16.6. The first-order valence-electron chi connectivity index (χ1n) is 9.51. The summed E-state index contributed by atoms with van der Waals surface area (Å²) < 4.78 is 48.8. The Kier molecular flexibility index (Phi) is 6.59. The second kappa shape index (κ2) is 9.15. The third-order valence-electron chi connectivity index (χ3n) is 4.51. The molecular formula is C21H22F3N3O3. The summed E-state index contributed by atoms with van der Waals surface area (Å²) in [5.41, 5.74) is 1.94. The Hall–Kier alpha value is -3.10. The van der Waals surface area contributed by atoms with Gasteiger partial charge in [0.1, 0.15) is 12.3 Å². The van der Waals surface area contributed by atoms with Crippen molar-refractivity contribution in [1.29, 1.82) is 0 Å². The number of aromatic nitrogens is 2. The maximum Gasteiger partial charge on any atom is 0.406 e. The van der Waals surface area contributed by atoms with Crippen molar-refractivity contribution >= 4 is 5.91 Å². The molecule has 0 unspecified atom stereocenters. The van der Waals surface area contributed by atoms with E-state index in [0.717, 1.165) is 5.56 Å². The number of carbonyl (C=O) groups is 1. The first-order valence-corrected chi connectivity index (χ1v) is 9.51. The van der Waals surface area contributed by atoms with Crippen molar-refractivity contribution in [3.8, 4) is 11.4 Å². The van der Waals surface area contributed by atoms with Gasteiger partial charge in [-0.05, 0) is 23.6 Å². The van der Waals surface area contributed by atoms with E-state index in [1.165, 1.54) is 17.9 Å². The molecule has 0 bridgehead atoms. The number of furan rings is 1. The summed E-state index contributed by atoms with van der Waals surface area (Å²) in [5.74, 6) is 0.556. The third kappa shape index (κ3) is 5.95. The molecule has 0 saturated carbocycles. The molecule has 30 heavy (non-hydrogen) atoms. The summed E-state index contributed by atoms with van der Waals surface area (Å²) >= 11 is 0. The van der Waals surface area contributed by atoms with Crippen LogP contribution in [-0.4, -0.2) is 33.7 Å². The largest absolute Gasteiger partial charge is 0.467 e. The van der Waals surface area contributed by atoms with E-state index in [0.29, 0.717) is 16.6 Å². The number of aryl methyl sites for hydroxylation is 1.